The van der Waals surface area contributed by atoms with Crippen molar-refractivity contribution in [3.8, 4) is 0 Å². The average molecular weight is 458 g/mol. The molecule has 4 rings (SSSR count). The Balaban J connectivity index is 1.54. The Labute approximate surface area is 190 Å². The number of sulfonamides is 1. The van der Waals surface area contributed by atoms with Gasteiger partial charge in [-0.1, -0.05) is 18.2 Å². The largest absolute Gasteiger partial charge is 0.478 e. The van der Waals surface area contributed by atoms with Gasteiger partial charge in [0.1, 0.15) is 0 Å². The zero-order valence-corrected chi connectivity index (χ0v) is 19.3. The van der Waals surface area contributed by atoms with Gasteiger partial charge in [-0.15, -0.1) is 0 Å². The number of carboxylic acids is 1. The highest BCUT2D eigenvalue weighted by Crippen LogP contribution is 2.30. The third-order valence-corrected chi connectivity index (χ3v) is 7.98. The van der Waals surface area contributed by atoms with Crippen LogP contribution in [0.25, 0.3) is 0 Å². The molecule has 32 heavy (non-hydrogen) atoms. The molecule has 2 aliphatic rings. The normalized spacial score (nSPS) is 19.8. The van der Waals surface area contributed by atoms with Crippen molar-refractivity contribution in [2.75, 3.05) is 42.3 Å². The Bertz CT molecular complexity index is 1080. The van der Waals surface area contributed by atoms with Crippen LogP contribution < -0.4 is 9.62 Å². The number of nitrogens with one attached hydrogen (secondary N) is 1. The number of carbonyl (C=O) groups is 1. The summed E-state index contributed by atoms with van der Waals surface area (Å²) in [5.41, 5.74) is 1.66. The van der Waals surface area contributed by atoms with E-state index in [2.05, 4.69) is 14.5 Å². The Hall–Kier alpha value is -2.58. The van der Waals surface area contributed by atoms with Crippen molar-refractivity contribution in [1.29, 1.82) is 0 Å². The predicted octanol–water partition coefficient (Wildman–Crippen LogP) is 3.81. The molecule has 2 saturated heterocycles. The molecule has 8 heteroatoms. The highest BCUT2D eigenvalue weighted by molar-refractivity contribution is 7.92. The van der Waals surface area contributed by atoms with Crippen LogP contribution in [0.2, 0.25) is 0 Å². The highest BCUT2D eigenvalue weighted by atomic mass is 32.2. The smallest absolute Gasteiger partial charge is 0.337 e. The van der Waals surface area contributed by atoms with E-state index < -0.39 is 16.0 Å². The fourth-order valence-corrected chi connectivity index (χ4v) is 6.17. The van der Waals surface area contributed by atoms with Gasteiger partial charge in [-0.05, 0) is 81.4 Å². The molecule has 2 heterocycles. The molecule has 0 saturated carbocycles. The van der Waals surface area contributed by atoms with Gasteiger partial charge in [0.05, 0.1) is 16.1 Å². The first kappa shape index (κ1) is 22.6. The SMILES string of the molecule is Cc1ccccc1S(=O)(=O)Nc1ccc(N2CCCC(CN3CCCC3)C2)c(C(=O)O)c1. The second kappa shape index (κ2) is 9.50. The number of benzene rings is 2. The van der Waals surface area contributed by atoms with Crippen LogP contribution in [0.15, 0.2) is 47.4 Å². The van der Waals surface area contributed by atoms with Crippen LogP contribution in [-0.4, -0.2) is 57.1 Å². The summed E-state index contributed by atoms with van der Waals surface area (Å²) >= 11 is 0. The molecule has 0 radical (unpaired) electrons. The third-order valence-electron chi connectivity index (χ3n) is 6.44. The lowest BCUT2D eigenvalue weighted by atomic mass is 9.96. The van der Waals surface area contributed by atoms with Gasteiger partial charge >= 0.3 is 5.97 Å². The minimum Gasteiger partial charge on any atom is -0.478 e. The Kier molecular flexibility index (Phi) is 6.71. The Morgan fingerprint density at radius 1 is 1.09 bits per heavy atom. The van der Waals surface area contributed by atoms with Crippen molar-refractivity contribution < 1.29 is 18.3 Å². The molecular weight excluding hydrogens is 426 g/mol. The van der Waals surface area contributed by atoms with Crippen molar-refractivity contribution in [3.63, 3.8) is 0 Å². The fraction of sp³-hybridized carbons (Fsp3) is 0.458. The molecule has 172 valence electrons. The third kappa shape index (κ3) is 5.07. The minimum absolute atomic E-state index is 0.122. The number of aromatic carboxylic acids is 1. The summed E-state index contributed by atoms with van der Waals surface area (Å²) in [5, 5.41) is 9.86. The second-order valence-electron chi connectivity index (χ2n) is 8.87. The molecule has 1 atom stereocenters. The molecular formula is C24H31N3O4S. The molecule has 0 spiro atoms. The van der Waals surface area contributed by atoms with Gasteiger partial charge in [0.15, 0.2) is 0 Å². The van der Waals surface area contributed by atoms with Crippen LogP contribution >= 0.6 is 0 Å². The molecule has 2 aromatic carbocycles. The number of rotatable bonds is 7. The van der Waals surface area contributed by atoms with E-state index in [1.807, 2.05) is 0 Å². The summed E-state index contributed by atoms with van der Waals surface area (Å²) in [5.74, 6) is -0.540. The monoisotopic (exact) mass is 457 g/mol. The molecule has 0 amide bonds. The molecule has 1 unspecified atom stereocenters. The quantitative estimate of drug-likeness (QED) is 0.657. The Morgan fingerprint density at radius 2 is 1.84 bits per heavy atom. The number of hydrogen-bond acceptors (Lipinski definition) is 5. The summed E-state index contributed by atoms with van der Waals surface area (Å²) in [6.07, 6.45) is 4.71. The fourth-order valence-electron chi connectivity index (χ4n) is 4.88. The molecule has 7 nitrogen and oxygen atoms in total. The van der Waals surface area contributed by atoms with Crippen molar-refractivity contribution in [1.82, 2.24) is 4.90 Å². The minimum atomic E-state index is -3.81. The predicted molar refractivity (Wildman–Crippen MR) is 126 cm³/mol. The molecule has 2 aromatic rings. The first-order valence-electron chi connectivity index (χ1n) is 11.3. The van der Waals surface area contributed by atoms with E-state index in [-0.39, 0.29) is 16.1 Å². The first-order valence-corrected chi connectivity index (χ1v) is 12.7. The van der Waals surface area contributed by atoms with Gasteiger partial charge < -0.3 is 14.9 Å². The van der Waals surface area contributed by atoms with Gasteiger partial charge in [0.2, 0.25) is 0 Å². The van der Waals surface area contributed by atoms with E-state index in [0.29, 0.717) is 17.2 Å². The van der Waals surface area contributed by atoms with E-state index >= 15 is 0 Å². The molecule has 2 fully saturated rings. The average Bonchev–Trinajstić information content (AvgIpc) is 3.27. The number of hydrogen-bond donors (Lipinski definition) is 2. The van der Waals surface area contributed by atoms with Crippen molar-refractivity contribution in [2.45, 2.75) is 37.5 Å². The summed E-state index contributed by atoms with van der Waals surface area (Å²) < 4.78 is 28.2. The summed E-state index contributed by atoms with van der Waals surface area (Å²) in [6, 6.07) is 11.5. The lowest BCUT2D eigenvalue weighted by molar-refractivity contribution is 0.0697. The number of aryl methyl sites for hydroxylation is 1. The topological polar surface area (TPSA) is 90.0 Å². The van der Waals surface area contributed by atoms with Crippen molar-refractivity contribution >= 4 is 27.4 Å². The second-order valence-corrected chi connectivity index (χ2v) is 10.5. The number of anilines is 2. The highest BCUT2D eigenvalue weighted by Gasteiger charge is 2.26. The van der Waals surface area contributed by atoms with E-state index in [9.17, 15) is 18.3 Å². The summed E-state index contributed by atoms with van der Waals surface area (Å²) in [6.45, 7) is 6.75. The first-order chi connectivity index (χ1) is 15.3. The number of piperidine rings is 1. The van der Waals surface area contributed by atoms with E-state index in [4.69, 9.17) is 0 Å². The summed E-state index contributed by atoms with van der Waals surface area (Å²) in [4.78, 5) is 16.9. The van der Waals surface area contributed by atoms with Crippen LogP contribution in [-0.2, 0) is 10.0 Å². The zero-order valence-electron chi connectivity index (χ0n) is 18.5. The van der Waals surface area contributed by atoms with Gasteiger partial charge in [-0.2, -0.15) is 0 Å². The molecule has 2 aliphatic heterocycles. The lowest BCUT2D eigenvalue weighted by Crippen LogP contribution is -2.41. The van der Waals surface area contributed by atoms with Crippen molar-refractivity contribution in [2.24, 2.45) is 5.92 Å². The van der Waals surface area contributed by atoms with Gasteiger partial charge in [0.25, 0.3) is 10.0 Å². The van der Waals surface area contributed by atoms with Crippen LogP contribution in [0.3, 0.4) is 0 Å². The molecule has 0 bridgehead atoms. The number of likely N-dealkylation sites (tertiary alicyclic amines) is 1. The maximum Gasteiger partial charge on any atom is 0.337 e. The van der Waals surface area contributed by atoms with Crippen LogP contribution in [0, 0.1) is 12.8 Å². The van der Waals surface area contributed by atoms with Crippen LogP contribution in [0.4, 0.5) is 11.4 Å². The summed E-state index contributed by atoms with van der Waals surface area (Å²) in [7, 11) is -3.81. The van der Waals surface area contributed by atoms with E-state index in [1.165, 1.54) is 18.9 Å². The molecule has 2 N–H and O–H groups in total. The van der Waals surface area contributed by atoms with Gasteiger partial charge in [-0.3, -0.25) is 4.72 Å². The lowest BCUT2D eigenvalue weighted by Gasteiger charge is -2.36. The number of carboxylic acid groups (broad SMARTS) is 1. The maximum absolute atomic E-state index is 12.8. The molecule has 0 aliphatic carbocycles. The number of nitrogens with zero attached hydrogens (tertiary/aromatic N) is 2. The van der Waals surface area contributed by atoms with Crippen LogP contribution in [0.1, 0.15) is 41.6 Å². The maximum atomic E-state index is 12.8. The van der Waals surface area contributed by atoms with E-state index in [1.54, 1.807) is 43.3 Å². The van der Waals surface area contributed by atoms with Crippen molar-refractivity contribution in [3.05, 3.63) is 53.6 Å². The Morgan fingerprint density at radius 3 is 2.56 bits per heavy atom. The van der Waals surface area contributed by atoms with E-state index in [0.717, 1.165) is 45.6 Å². The molecule has 0 aromatic heterocycles. The standard InChI is InChI=1S/C24H31N3O4S/c1-18-7-2-3-9-23(18)32(30,31)25-20-10-11-22(21(15-20)24(28)29)27-14-6-8-19(17-27)16-26-12-4-5-13-26/h2-3,7,9-11,15,19,25H,4-6,8,12-14,16-17H2,1H3,(H,28,29). The van der Waals surface area contributed by atoms with Gasteiger partial charge in [0, 0.05) is 25.3 Å². The van der Waals surface area contributed by atoms with Gasteiger partial charge in [-0.25, -0.2) is 13.2 Å². The van der Waals surface area contributed by atoms with Crippen LogP contribution in [0.5, 0.6) is 0 Å². The zero-order chi connectivity index (χ0) is 22.7.